The van der Waals surface area contributed by atoms with Crippen molar-refractivity contribution in [3.05, 3.63) is 16.1 Å². The van der Waals surface area contributed by atoms with E-state index in [-0.39, 0.29) is 5.92 Å². The fraction of sp³-hybridized carbons (Fsp3) is 0.667. The van der Waals surface area contributed by atoms with E-state index < -0.39 is 0 Å². The minimum atomic E-state index is 0.00477. The van der Waals surface area contributed by atoms with Gasteiger partial charge in [0, 0.05) is 11.3 Å². The van der Waals surface area contributed by atoms with Gasteiger partial charge in [-0.25, -0.2) is 4.98 Å². The standard InChI is InChI=1S/C12H16N2S/c1-2-9(7-13)12-14-11(8-15-12)10-5-3-4-6-10/h8-10H,2-6H2,1H3. The SMILES string of the molecule is CCC(C#N)c1nc(C2CCCC2)cs1. The van der Waals surface area contributed by atoms with Gasteiger partial charge in [0.2, 0.25) is 0 Å². The second kappa shape index (κ2) is 4.76. The van der Waals surface area contributed by atoms with E-state index in [9.17, 15) is 0 Å². The Balaban J connectivity index is 2.13. The molecule has 1 fully saturated rings. The second-order valence-corrected chi connectivity index (χ2v) is 5.07. The molecule has 80 valence electrons. The van der Waals surface area contributed by atoms with Gasteiger partial charge in [0.05, 0.1) is 17.7 Å². The van der Waals surface area contributed by atoms with E-state index in [1.54, 1.807) is 11.3 Å². The predicted molar refractivity (Wildman–Crippen MR) is 62.0 cm³/mol. The molecule has 1 atom stereocenters. The molecule has 0 spiro atoms. The average Bonchev–Trinajstić information content (AvgIpc) is 2.89. The molecule has 3 heteroatoms. The molecule has 2 rings (SSSR count). The number of nitriles is 1. The smallest absolute Gasteiger partial charge is 0.110 e. The van der Waals surface area contributed by atoms with E-state index in [4.69, 9.17) is 5.26 Å². The minimum absolute atomic E-state index is 0.00477. The number of rotatable bonds is 3. The third kappa shape index (κ3) is 2.21. The maximum absolute atomic E-state index is 8.97. The van der Waals surface area contributed by atoms with Crippen LogP contribution in [0.4, 0.5) is 0 Å². The van der Waals surface area contributed by atoms with Crippen LogP contribution in [0.1, 0.15) is 61.6 Å². The van der Waals surface area contributed by atoms with E-state index >= 15 is 0 Å². The van der Waals surface area contributed by atoms with E-state index in [0.717, 1.165) is 11.4 Å². The lowest BCUT2D eigenvalue weighted by atomic mass is 10.1. The van der Waals surface area contributed by atoms with E-state index in [1.165, 1.54) is 31.4 Å². The maximum atomic E-state index is 8.97. The van der Waals surface area contributed by atoms with Crippen LogP contribution in [0.5, 0.6) is 0 Å². The second-order valence-electron chi connectivity index (χ2n) is 4.18. The van der Waals surface area contributed by atoms with Gasteiger partial charge in [0.25, 0.3) is 0 Å². The van der Waals surface area contributed by atoms with Crippen molar-refractivity contribution >= 4 is 11.3 Å². The van der Waals surface area contributed by atoms with Crippen molar-refractivity contribution in [2.24, 2.45) is 0 Å². The summed E-state index contributed by atoms with van der Waals surface area (Å²) in [5.41, 5.74) is 1.24. The first-order chi connectivity index (χ1) is 7.35. The topological polar surface area (TPSA) is 36.7 Å². The Labute approximate surface area is 95.0 Å². The molecule has 0 aliphatic heterocycles. The van der Waals surface area contributed by atoms with Crippen LogP contribution in [0.3, 0.4) is 0 Å². The molecule has 0 saturated heterocycles. The highest BCUT2D eigenvalue weighted by Crippen LogP contribution is 2.35. The molecule has 0 aromatic carbocycles. The first-order valence-electron chi connectivity index (χ1n) is 5.70. The van der Waals surface area contributed by atoms with Gasteiger partial charge in [0.15, 0.2) is 0 Å². The lowest BCUT2D eigenvalue weighted by Gasteiger charge is -2.04. The van der Waals surface area contributed by atoms with Gasteiger partial charge < -0.3 is 0 Å². The monoisotopic (exact) mass is 220 g/mol. The summed E-state index contributed by atoms with van der Waals surface area (Å²) in [5, 5.41) is 12.1. The van der Waals surface area contributed by atoms with Crippen molar-refractivity contribution in [3.8, 4) is 6.07 Å². The highest BCUT2D eigenvalue weighted by molar-refractivity contribution is 7.09. The van der Waals surface area contributed by atoms with Gasteiger partial charge in [-0.05, 0) is 19.3 Å². The molecule has 15 heavy (non-hydrogen) atoms. The van der Waals surface area contributed by atoms with Gasteiger partial charge in [-0.3, -0.25) is 0 Å². The van der Waals surface area contributed by atoms with Gasteiger partial charge >= 0.3 is 0 Å². The third-order valence-electron chi connectivity index (χ3n) is 3.18. The van der Waals surface area contributed by atoms with Crippen molar-refractivity contribution in [2.75, 3.05) is 0 Å². The van der Waals surface area contributed by atoms with Gasteiger partial charge in [-0.1, -0.05) is 19.8 Å². The van der Waals surface area contributed by atoms with Crippen molar-refractivity contribution in [1.29, 1.82) is 5.26 Å². The van der Waals surface area contributed by atoms with Gasteiger partial charge in [0.1, 0.15) is 5.01 Å². The van der Waals surface area contributed by atoms with E-state index in [0.29, 0.717) is 5.92 Å². The molecule has 1 heterocycles. The molecule has 2 nitrogen and oxygen atoms in total. The van der Waals surface area contributed by atoms with Crippen LogP contribution >= 0.6 is 11.3 Å². The van der Waals surface area contributed by atoms with Crippen molar-refractivity contribution in [1.82, 2.24) is 4.98 Å². The zero-order chi connectivity index (χ0) is 10.7. The van der Waals surface area contributed by atoms with Crippen molar-refractivity contribution in [2.45, 2.75) is 50.9 Å². The molecule has 0 N–H and O–H groups in total. The summed E-state index contributed by atoms with van der Waals surface area (Å²) in [5.74, 6) is 0.677. The summed E-state index contributed by atoms with van der Waals surface area (Å²) in [7, 11) is 0. The molecule has 1 aromatic rings. The van der Waals surface area contributed by atoms with Crippen LogP contribution in [0.15, 0.2) is 5.38 Å². The summed E-state index contributed by atoms with van der Waals surface area (Å²) in [4.78, 5) is 4.63. The molecular weight excluding hydrogens is 204 g/mol. The van der Waals surface area contributed by atoms with Crippen LogP contribution in [0, 0.1) is 11.3 Å². The molecule has 0 radical (unpaired) electrons. The summed E-state index contributed by atoms with van der Waals surface area (Å²) < 4.78 is 0. The Bertz CT molecular complexity index is 358. The Kier molecular flexibility index (Phi) is 3.37. The largest absolute Gasteiger partial charge is 0.245 e. The fourth-order valence-corrected chi connectivity index (χ4v) is 3.22. The quantitative estimate of drug-likeness (QED) is 0.776. The highest BCUT2D eigenvalue weighted by Gasteiger charge is 2.21. The van der Waals surface area contributed by atoms with Gasteiger partial charge in [-0.15, -0.1) is 11.3 Å². The lowest BCUT2D eigenvalue weighted by molar-refractivity contribution is 0.693. The third-order valence-corrected chi connectivity index (χ3v) is 4.15. The summed E-state index contributed by atoms with van der Waals surface area (Å²) in [6.07, 6.45) is 6.12. The van der Waals surface area contributed by atoms with E-state index in [1.807, 2.05) is 6.92 Å². The summed E-state index contributed by atoms with van der Waals surface area (Å²) >= 11 is 1.66. The molecule has 0 bridgehead atoms. The zero-order valence-corrected chi connectivity index (χ0v) is 9.89. The summed E-state index contributed by atoms with van der Waals surface area (Å²) in [6, 6.07) is 2.32. The van der Waals surface area contributed by atoms with Crippen LogP contribution in [-0.2, 0) is 0 Å². The lowest BCUT2D eigenvalue weighted by Crippen LogP contribution is -1.96. The number of hydrogen-bond donors (Lipinski definition) is 0. The normalized spacial score (nSPS) is 18.9. The van der Waals surface area contributed by atoms with Crippen LogP contribution in [0.25, 0.3) is 0 Å². The fourth-order valence-electron chi connectivity index (χ4n) is 2.19. The molecule has 0 amide bonds. The molecular formula is C12H16N2S. The van der Waals surface area contributed by atoms with Crippen LogP contribution in [-0.4, -0.2) is 4.98 Å². The molecule has 1 aliphatic rings. The maximum Gasteiger partial charge on any atom is 0.110 e. The number of aromatic nitrogens is 1. The zero-order valence-electron chi connectivity index (χ0n) is 9.07. The Morgan fingerprint density at radius 2 is 2.33 bits per heavy atom. The van der Waals surface area contributed by atoms with Crippen LogP contribution < -0.4 is 0 Å². The van der Waals surface area contributed by atoms with E-state index in [2.05, 4.69) is 16.4 Å². The first kappa shape index (κ1) is 10.6. The predicted octanol–water partition coefficient (Wildman–Crippen LogP) is 3.82. The average molecular weight is 220 g/mol. The Morgan fingerprint density at radius 1 is 1.60 bits per heavy atom. The number of thiazole rings is 1. The Morgan fingerprint density at radius 3 is 2.93 bits per heavy atom. The first-order valence-corrected chi connectivity index (χ1v) is 6.58. The molecule has 1 aliphatic carbocycles. The van der Waals surface area contributed by atoms with Crippen molar-refractivity contribution in [3.63, 3.8) is 0 Å². The Hall–Kier alpha value is -0.880. The van der Waals surface area contributed by atoms with Gasteiger partial charge in [-0.2, -0.15) is 5.26 Å². The molecule has 1 aromatic heterocycles. The molecule has 1 unspecified atom stereocenters. The number of nitrogens with zero attached hydrogens (tertiary/aromatic N) is 2. The molecule has 1 saturated carbocycles. The van der Waals surface area contributed by atoms with Crippen molar-refractivity contribution < 1.29 is 0 Å². The highest BCUT2D eigenvalue weighted by atomic mass is 32.1. The van der Waals surface area contributed by atoms with Crippen LogP contribution in [0.2, 0.25) is 0 Å². The summed E-state index contributed by atoms with van der Waals surface area (Å²) in [6.45, 7) is 2.05. The number of hydrogen-bond acceptors (Lipinski definition) is 3. The minimum Gasteiger partial charge on any atom is -0.245 e.